The van der Waals surface area contributed by atoms with Crippen LogP contribution in [0.15, 0.2) is 54.6 Å². The highest BCUT2D eigenvalue weighted by molar-refractivity contribution is 6.30. The largest absolute Gasteiger partial charge is 0.478 e. The number of hydrogen-bond donors (Lipinski definition) is 2. The third kappa shape index (κ3) is 6.12. The lowest BCUT2D eigenvalue weighted by Gasteiger charge is -2.31. The zero-order valence-corrected chi connectivity index (χ0v) is 23.7. The number of aromatic amines is 1. The number of likely N-dealkylation sites (tertiary alicyclic amines) is 1. The number of pyridine rings is 1. The standard InChI is InChI=1S/C30H29ClFN7O3/c1-18-33-27(37-36-18)15-39-26-13-20(30(40)41)6-8-25(26)34-28(39)16-38-11-9-19(10-12-38)24-3-2-4-29(35-24)42-17-21-5-7-22(31)14-23(21)32/h2-8,13-14,19H,9-12,15-17H2,1H3,(H,40,41)(H,33,36,37). The molecule has 0 unspecified atom stereocenters. The molecular weight excluding hydrogens is 561 g/mol. The second-order valence-corrected chi connectivity index (χ2v) is 10.9. The zero-order valence-electron chi connectivity index (χ0n) is 22.9. The molecule has 0 aliphatic carbocycles. The lowest BCUT2D eigenvalue weighted by atomic mass is 9.93. The number of carboxylic acid groups (broad SMARTS) is 1. The molecular formula is C30H29ClFN7O3. The minimum Gasteiger partial charge on any atom is -0.478 e. The maximum atomic E-state index is 14.1. The number of aryl methyl sites for hydroxylation is 1. The van der Waals surface area contributed by atoms with Crippen molar-refractivity contribution in [2.45, 2.75) is 45.4 Å². The molecule has 42 heavy (non-hydrogen) atoms. The van der Waals surface area contributed by atoms with Crippen molar-refractivity contribution in [3.63, 3.8) is 0 Å². The van der Waals surface area contributed by atoms with E-state index in [0.717, 1.165) is 48.5 Å². The molecule has 2 aromatic carbocycles. The average molecular weight is 590 g/mol. The number of carbonyl (C=O) groups is 1. The van der Waals surface area contributed by atoms with Crippen molar-refractivity contribution in [2.24, 2.45) is 0 Å². The number of imidazole rings is 1. The molecule has 10 nitrogen and oxygen atoms in total. The van der Waals surface area contributed by atoms with Crippen molar-refractivity contribution in [2.75, 3.05) is 13.1 Å². The van der Waals surface area contributed by atoms with Crippen molar-refractivity contribution in [3.8, 4) is 5.88 Å². The Bertz CT molecular complexity index is 1750. The number of aromatic nitrogens is 6. The Morgan fingerprint density at radius 2 is 1.93 bits per heavy atom. The van der Waals surface area contributed by atoms with Crippen LogP contribution in [0.4, 0.5) is 4.39 Å². The first kappa shape index (κ1) is 27.8. The smallest absolute Gasteiger partial charge is 0.335 e. The van der Waals surface area contributed by atoms with E-state index in [1.807, 2.05) is 23.6 Å². The predicted octanol–water partition coefficient (Wildman–Crippen LogP) is 5.36. The van der Waals surface area contributed by atoms with Gasteiger partial charge in [0.05, 0.1) is 29.7 Å². The number of fused-ring (bicyclic) bond motifs is 1. The highest BCUT2D eigenvalue weighted by Gasteiger charge is 2.24. The van der Waals surface area contributed by atoms with Crippen molar-refractivity contribution < 1.29 is 19.0 Å². The van der Waals surface area contributed by atoms with Crippen LogP contribution < -0.4 is 4.74 Å². The number of halogens is 2. The highest BCUT2D eigenvalue weighted by atomic mass is 35.5. The number of hydrogen-bond acceptors (Lipinski definition) is 7. The van der Waals surface area contributed by atoms with Crippen molar-refractivity contribution in [1.82, 2.24) is 34.6 Å². The van der Waals surface area contributed by atoms with E-state index in [1.165, 1.54) is 6.07 Å². The quantitative estimate of drug-likeness (QED) is 0.236. The summed E-state index contributed by atoms with van der Waals surface area (Å²) in [4.78, 5) is 28.0. The summed E-state index contributed by atoms with van der Waals surface area (Å²) in [6.45, 7) is 4.59. The summed E-state index contributed by atoms with van der Waals surface area (Å²) >= 11 is 5.85. The molecule has 0 bridgehead atoms. The van der Waals surface area contributed by atoms with Gasteiger partial charge in [-0.1, -0.05) is 23.7 Å². The summed E-state index contributed by atoms with van der Waals surface area (Å²) in [5, 5.41) is 17.0. The van der Waals surface area contributed by atoms with Gasteiger partial charge in [-0.05, 0) is 69.3 Å². The van der Waals surface area contributed by atoms with Gasteiger partial charge in [-0.3, -0.25) is 10.00 Å². The SMILES string of the molecule is Cc1nc(Cn2c(CN3CCC(c4cccc(OCc5ccc(Cl)cc5F)n4)CC3)nc3ccc(C(=O)O)cc32)n[nH]1. The minimum absolute atomic E-state index is 0.0697. The van der Waals surface area contributed by atoms with Gasteiger partial charge in [-0.25, -0.2) is 24.1 Å². The molecule has 0 saturated carbocycles. The molecule has 0 spiro atoms. The van der Waals surface area contributed by atoms with E-state index in [-0.39, 0.29) is 18.1 Å². The molecule has 1 fully saturated rings. The van der Waals surface area contributed by atoms with Gasteiger partial charge >= 0.3 is 5.97 Å². The minimum atomic E-state index is -0.984. The van der Waals surface area contributed by atoms with Crippen LogP contribution in [0.5, 0.6) is 5.88 Å². The molecule has 12 heteroatoms. The predicted molar refractivity (Wildman–Crippen MR) is 154 cm³/mol. The van der Waals surface area contributed by atoms with Crippen LogP contribution in [0.2, 0.25) is 5.02 Å². The Kier molecular flexibility index (Phi) is 7.86. The molecule has 1 aliphatic rings. The molecule has 6 rings (SSSR count). The molecule has 1 aliphatic heterocycles. The van der Waals surface area contributed by atoms with Crippen molar-refractivity contribution in [3.05, 3.63) is 99.7 Å². The molecule has 0 atom stereocenters. The van der Waals surface area contributed by atoms with E-state index in [0.29, 0.717) is 41.2 Å². The van der Waals surface area contributed by atoms with Gasteiger partial charge in [-0.2, -0.15) is 5.10 Å². The molecule has 1 saturated heterocycles. The second kappa shape index (κ2) is 11.9. The van der Waals surface area contributed by atoms with E-state index in [1.54, 1.807) is 36.4 Å². The van der Waals surface area contributed by atoms with E-state index < -0.39 is 11.8 Å². The summed E-state index contributed by atoms with van der Waals surface area (Å²) in [6, 6.07) is 15.2. The monoisotopic (exact) mass is 589 g/mol. The fraction of sp³-hybridized carbons (Fsp3) is 0.300. The Hall–Kier alpha value is -4.35. The molecule has 216 valence electrons. The first-order valence-corrected chi connectivity index (χ1v) is 14.1. The first-order chi connectivity index (χ1) is 20.3. The van der Waals surface area contributed by atoms with E-state index >= 15 is 0 Å². The molecule has 5 aromatic rings. The number of benzene rings is 2. The number of ether oxygens (including phenoxy) is 1. The van der Waals surface area contributed by atoms with Crippen molar-refractivity contribution in [1.29, 1.82) is 0 Å². The van der Waals surface area contributed by atoms with Gasteiger partial charge in [0.15, 0.2) is 5.82 Å². The summed E-state index contributed by atoms with van der Waals surface area (Å²) in [5.41, 5.74) is 3.05. The van der Waals surface area contributed by atoms with Gasteiger partial charge < -0.3 is 14.4 Å². The third-order valence-electron chi connectivity index (χ3n) is 7.52. The topological polar surface area (TPSA) is 122 Å². The number of carboxylic acids is 1. The van der Waals surface area contributed by atoms with Gasteiger partial charge in [0, 0.05) is 28.3 Å². The van der Waals surface area contributed by atoms with E-state index in [2.05, 4.69) is 20.1 Å². The van der Waals surface area contributed by atoms with Gasteiger partial charge in [0.25, 0.3) is 0 Å². The normalized spacial score (nSPS) is 14.5. The number of H-pyrrole nitrogens is 1. The fourth-order valence-electron chi connectivity index (χ4n) is 5.32. The molecule has 3 aromatic heterocycles. The van der Waals surface area contributed by atoms with Crippen LogP contribution in [0.1, 0.15) is 57.8 Å². The molecule has 0 amide bonds. The lowest BCUT2D eigenvalue weighted by molar-refractivity contribution is 0.0697. The summed E-state index contributed by atoms with van der Waals surface area (Å²) in [6.07, 6.45) is 1.82. The van der Waals surface area contributed by atoms with Gasteiger partial charge in [0.2, 0.25) is 5.88 Å². The van der Waals surface area contributed by atoms with Crippen LogP contribution in [-0.2, 0) is 19.7 Å². The molecule has 0 radical (unpaired) electrons. The Morgan fingerprint density at radius 1 is 1.10 bits per heavy atom. The van der Waals surface area contributed by atoms with E-state index in [9.17, 15) is 14.3 Å². The number of nitrogens with zero attached hydrogens (tertiary/aromatic N) is 6. The number of aromatic carboxylic acids is 1. The van der Waals surface area contributed by atoms with Crippen LogP contribution in [0.25, 0.3) is 11.0 Å². The van der Waals surface area contributed by atoms with Crippen LogP contribution in [0, 0.1) is 12.7 Å². The third-order valence-corrected chi connectivity index (χ3v) is 7.76. The summed E-state index contributed by atoms with van der Waals surface area (Å²) in [7, 11) is 0. The first-order valence-electron chi connectivity index (χ1n) is 13.7. The number of nitrogens with one attached hydrogen (secondary N) is 1. The molecule has 4 heterocycles. The van der Waals surface area contributed by atoms with Crippen LogP contribution in [0.3, 0.4) is 0 Å². The number of piperidine rings is 1. The van der Waals surface area contributed by atoms with Crippen LogP contribution >= 0.6 is 11.6 Å². The molecule has 2 N–H and O–H groups in total. The van der Waals surface area contributed by atoms with Crippen LogP contribution in [-0.4, -0.2) is 58.8 Å². The maximum Gasteiger partial charge on any atom is 0.335 e. The number of rotatable bonds is 9. The zero-order chi connectivity index (χ0) is 29.2. The Balaban J connectivity index is 1.13. The van der Waals surface area contributed by atoms with E-state index in [4.69, 9.17) is 26.3 Å². The average Bonchev–Trinajstić information content (AvgIpc) is 3.55. The summed E-state index contributed by atoms with van der Waals surface area (Å²) in [5.74, 6) is 1.49. The highest BCUT2D eigenvalue weighted by Crippen LogP contribution is 2.29. The Labute approximate surface area is 246 Å². The maximum absolute atomic E-state index is 14.1. The van der Waals surface area contributed by atoms with Gasteiger partial charge in [-0.15, -0.1) is 0 Å². The van der Waals surface area contributed by atoms with Gasteiger partial charge in [0.1, 0.15) is 24.1 Å². The summed E-state index contributed by atoms with van der Waals surface area (Å²) < 4.78 is 21.9. The lowest BCUT2D eigenvalue weighted by Crippen LogP contribution is -2.33. The second-order valence-electron chi connectivity index (χ2n) is 10.4. The fourth-order valence-corrected chi connectivity index (χ4v) is 5.48. The Morgan fingerprint density at radius 3 is 2.67 bits per heavy atom. The van der Waals surface area contributed by atoms with Crippen molar-refractivity contribution >= 4 is 28.6 Å².